The zero-order valence-electron chi connectivity index (χ0n) is 16.3. The number of urea groups is 1. The number of thiazole rings is 1. The van der Waals surface area contributed by atoms with Crippen LogP contribution in [-0.4, -0.2) is 24.1 Å². The van der Waals surface area contributed by atoms with Crippen LogP contribution in [0.15, 0.2) is 54.7 Å². The summed E-state index contributed by atoms with van der Waals surface area (Å²) < 4.78 is 42.9. The molecule has 6 nitrogen and oxygen atoms in total. The van der Waals surface area contributed by atoms with E-state index in [1.54, 1.807) is 30.5 Å². The molecule has 2 aromatic carbocycles. The van der Waals surface area contributed by atoms with Crippen molar-refractivity contribution < 1.29 is 27.5 Å². The Morgan fingerprint density at radius 3 is 2.45 bits per heavy atom. The first-order valence-corrected chi connectivity index (χ1v) is 9.93. The second kappa shape index (κ2) is 9.61. The smallest absolute Gasteiger partial charge is 0.416 e. The van der Waals surface area contributed by atoms with Gasteiger partial charge in [-0.3, -0.25) is 4.79 Å². The Morgan fingerprint density at radius 1 is 1.06 bits per heavy atom. The van der Waals surface area contributed by atoms with E-state index in [9.17, 15) is 22.8 Å². The molecule has 3 aromatic rings. The third-order valence-electron chi connectivity index (χ3n) is 4.20. The second-order valence-electron chi connectivity index (χ2n) is 6.43. The number of alkyl halides is 3. The van der Waals surface area contributed by atoms with E-state index in [2.05, 4.69) is 20.4 Å². The third kappa shape index (κ3) is 6.29. The molecule has 1 aromatic heterocycles. The van der Waals surface area contributed by atoms with E-state index in [1.165, 1.54) is 30.6 Å². The number of rotatable bonds is 6. The van der Waals surface area contributed by atoms with E-state index in [0.29, 0.717) is 12.1 Å². The van der Waals surface area contributed by atoms with Gasteiger partial charge in [-0.2, -0.15) is 13.2 Å². The van der Waals surface area contributed by atoms with Crippen LogP contribution < -0.4 is 10.6 Å². The molecule has 0 unspecified atom stereocenters. The SMILES string of the molecule is COC(=O)CCc1ncc(-c2ccc(NC(=O)Nc3cccc(C(F)(F)F)c3)cc2)s1. The standard InChI is InChI=1S/C21H18F3N3O3S/c1-30-19(28)10-9-18-25-12-17(31-18)13-5-7-15(8-6-13)26-20(29)27-16-4-2-3-14(11-16)21(22,23)24/h2-8,11-12H,9-10H2,1H3,(H2,26,27,29). The van der Waals surface area contributed by atoms with Crippen molar-refractivity contribution >= 4 is 34.7 Å². The lowest BCUT2D eigenvalue weighted by molar-refractivity contribution is -0.140. The highest BCUT2D eigenvalue weighted by atomic mass is 32.1. The first kappa shape index (κ1) is 22.3. The van der Waals surface area contributed by atoms with Gasteiger partial charge in [-0.1, -0.05) is 18.2 Å². The summed E-state index contributed by atoms with van der Waals surface area (Å²) in [5.74, 6) is -0.296. The number of methoxy groups -OCH3 is 1. The maximum absolute atomic E-state index is 12.8. The Bertz CT molecular complexity index is 1070. The third-order valence-corrected chi connectivity index (χ3v) is 5.31. The molecule has 0 saturated heterocycles. The minimum Gasteiger partial charge on any atom is -0.469 e. The molecule has 1 heterocycles. The molecule has 0 atom stereocenters. The van der Waals surface area contributed by atoms with Crippen LogP contribution in [0, 0.1) is 0 Å². The number of aryl methyl sites for hydroxylation is 1. The normalized spacial score (nSPS) is 11.1. The number of ether oxygens (including phenoxy) is 1. The van der Waals surface area contributed by atoms with Gasteiger partial charge in [-0.25, -0.2) is 9.78 Å². The summed E-state index contributed by atoms with van der Waals surface area (Å²) in [4.78, 5) is 28.5. The fourth-order valence-electron chi connectivity index (χ4n) is 2.65. The van der Waals surface area contributed by atoms with Gasteiger partial charge in [0.05, 0.1) is 29.0 Å². The summed E-state index contributed by atoms with van der Waals surface area (Å²) in [6.07, 6.45) is -2.03. The van der Waals surface area contributed by atoms with Crippen LogP contribution in [0.3, 0.4) is 0 Å². The molecule has 0 saturated carbocycles. The van der Waals surface area contributed by atoms with Crippen molar-refractivity contribution in [1.29, 1.82) is 0 Å². The molecule has 0 aliphatic carbocycles. The summed E-state index contributed by atoms with van der Waals surface area (Å²) in [6, 6.07) is 10.7. The van der Waals surface area contributed by atoms with Gasteiger partial charge in [-0.15, -0.1) is 11.3 Å². The molecule has 2 N–H and O–H groups in total. The van der Waals surface area contributed by atoms with Crippen LogP contribution in [0.4, 0.5) is 29.3 Å². The van der Waals surface area contributed by atoms with E-state index >= 15 is 0 Å². The molecule has 0 fully saturated rings. The van der Waals surface area contributed by atoms with Crippen LogP contribution in [0.2, 0.25) is 0 Å². The number of nitrogens with zero attached hydrogens (tertiary/aromatic N) is 1. The molecular formula is C21H18F3N3O3S. The number of hydrogen-bond donors (Lipinski definition) is 2. The zero-order valence-corrected chi connectivity index (χ0v) is 17.1. The minimum atomic E-state index is -4.49. The molecule has 10 heteroatoms. The molecule has 2 amide bonds. The monoisotopic (exact) mass is 449 g/mol. The highest BCUT2D eigenvalue weighted by Gasteiger charge is 2.30. The molecule has 0 bridgehead atoms. The number of esters is 1. The van der Waals surface area contributed by atoms with Crippen LogP contribution in [-0.2, 0) is 22.1 Å². The van der Waals surface area contributed by atoms with E-state index < -0.39 is 17.8 Å². The van der Waals surface area contributed by atoms with Crippen molar-refractivity contribution in [2.75, 3.05) is 17.7 Å². The quantitative estimate of drug-likeness (QED) is 0.482. The molecular weight excluding hydrogens is 431 g/mol. The largest absolute Gasteiger partial charge is 0.469 e. The average molecular weight is 449 g/mol. The molecule has 162 valence electrons. The molecule has 0 aliphatic heterocycles. The fourth-order valence-corrected chi connectivity index (χ4v) is 3.58. The van der Waals surface area contributed by atoms with Crippen molar-refractivity contribution in [2.45, 2.75) is 19.0 Å². The van der Waals surface area contributed by atoms with E-state index in [-0.39, 0.29) is 18.1 Å². The van der Waals surface area contributed by atoms with E-state index in [1.807, 2.05) is 0 Å². The molecule has 31 heavy (non-hydrogen) atoms. The molecule has 0 aliphatic rings. The molecule has 3 rings (SSSR count). The number of nitrogens with one attached hydrogen (secondary N) is 2. The zero-order chi connectivity index (χ0) is 22.4. The first-order chi connectivity index (χ1) is 14.7. The number of carbonyl (C=O) groups is 2. The van der Waals surface area contributed by atoms with Crippen LogP contribution in [0.25, 0.3) is 10.4 Å². The summed E-state index contributed by atoms with van der Waals surface area (Å²) in [5, 5.41) is 5.77. The van der Waals surface area contributed by atoms with Gasteiger partial charge in [0.1, 0.15) is 0 Å². The average Bonchev–Trinajstić information content (AvgIpc) is 3.21. The van der Waals surface area contributed by atoms with Crippen molar-refractivity contribution in [3.05, 3.63) is 65.3 Å². The van der Waals surface area contributed by atoms with Crippen LogP contribution >= 0.6 is 11.3 Å². The number of hydrogen-bond acceptors (Lipinski definition) is 5. The van der Waals surface area contributed by atoms with Crippen molar-refractivity contribution in [3.63, 3.8) is 0 Å². The van der Waals surface area contributed by atoms with Gasteiger partial charge < -0.3 is 15.4 Å². The minimum absolute atomic E-state index is 0.0353. The highest BCUT2D eigenvalue weighted by Crippen LogP contribution is 2.31. The maximum Gasteiger partial charge on any atom is 0.416 e. The predicted octanol–water partition coefficient (Wildman–Crippen LogP) is 5.58. The van der Waals surface area contributed by atoms with E-state index in [0.717, 1.165) is 27.6 Å². The van der Waals surface area contributed by atoms with Gasteiger partial charge in [0, 0.05) is 24.0 Å². The lowest BCUT2D eigenvalue weighted by atomic mass is 10.2. The summed E-state index contributed by atoms with van der Waals surface area (Å²) in [6.45, 7) is 0. The summed E-state index contributed by atoms with van der Waals surface area (Å²) in [5.41, 5.74) is 0.549. The molecule has 0 spiro atoms. The summed E-state index contributed by atoms with van der Waals surface area (Å²) >= 11 is 1.45. The van der Waals surface area contributed by atoms with Gasteiger partial charge in [0.15, 0.2) is 0 Å². The maximum atomic E-state index is 12.8. The van der Waals surface area contributed by atoms with E-state index in [4.69, 9.17) is 0 Å². The predicted molar refractivity (Wildman–Crippen MR) is 112 cm³/mol. The van der Waals surface area contributed by atoms with Crippen molar-refractivity contribution in [2.24, 2.45) is 0 Å². The van der Waals surface area contributed by atoms with Crippen LogP contribution in [0.5, 0.6) is 0 Å². The Hall–Kier alpha value is -3.40. The number of aromatic nitrogens is 1. The highest BCUT2D eigenvalue weighted by molar-refractivity contribution is 7.15. The first-order valence-electron chi connectivity index (χ1n) is 9.12. The van der Waals surface area contributed by atoms with Gasteiger partial charge >= 0.3 is 18.2 Å². The summed E-state index contributed by atoms with van der Waals surface area (Å²) in [7, 11) is 1.34. The van der Waals surface area contributed by atoms with Crippen LogP contribution in [0.1, 0.15) is 17.0 Å². The lowest BCUT2D eigenvalue weighted by Gasteiger charge is -2.11. The second-order valence-corrected chi connectivity index (χ2v) is 7.54. The number of halogens is 3. The van der Waals surface area contributed by atoms with Gasteiger partial charge in [0.25, 0.3) is 0 Å². The Morgan fingerprint density at radius 2 is 1.77 bits per heavy atom. The Labute approximate surface area is 180 Å². The molecule has 0 radical (unpaired) electrons. The fraction of sp³-hybridized carbons (Fsp3) is 0.190. The number of carbonyl (C=O) groups excluding carboxylic acids is 2. The Kier molecular flexibility index (Phi) is 6.91. The van der Waals surface area contributed by atoms with Gasteiger partial charge in [-0.05, 0) is 35.9 Å². The van der Waals surface area contributed by atoms with Gasteiger partial charge in [0.2, 0.25) is 0 Å². The van der Waals surface area contributed by atoms with Crippen molar-refractivity contribution in [1.82, 2.24) is 4.98 Å². The van der Waals surface area contributed by atoms with Crippen molar-refractivity contribution in [3.8, 4) is 10.4 Å². The lowest BCUT2D eigenvalue weighted by Crippen LogP contribution is -2.19. The number of anilines is 2. The Balaban J connectivity index is 1.59. The number of amides is 2. The topological polar surface area (TPSA) is 80.3 Å². The number of benzene rings is 2.